The van der Waals surface area contributed by atoms with Gasteiger partial charge in [0.1, 0.15) is 0 Å². The maximum Gasteiger partial charge on any atom is 0.227 e. The number of anilines is 2. The summed E-state index contributed by atoms with van der Waals surface area (Å²) in [5.41, 5.74) is 9.29. The van der Waals surface area contributed by atoms with Gasteiger partial charge in [0.15, 0.2) is 0 Å². The topological polar surface area (TPSA) is 76.7 Å². The van der Waals surface area contributed by atoms with E-state index in [1.54, 1.807) is 12.4 Å². The molecule has 0 aliphatic carbocycles. The van der Waals surface area contributed by atoms with Crippen molar-refractivity contribution < 1.29 is 0 Å². The molecule has 23 heavy (non-hydrogen) atoms. The molecule has 0 spiro atoms. The van der Waals surface area contributed by atoms with Gasteiger partial charge >= 0.3 is 0 Å². The number of nitrogens with zero attached hydrogens (tertiary/aromatic N) is 3. The standard InChI is InChI=1S/C17H16ClN5/c1-11(19)16-9-12(5-7-20-16)15-6-8-21-17(23-15)22-14-4-2-3-13(18)10-14/h2-11H,19H2,1H3,(H,21,22,23). The monoisotopic (exact) mass is 325 g/mol. The Labute approximate surface area is 139 Å². The molecule has 3 rings (SSSR count). The molecule has 1 aromatic carbocycles. The second-order valence-corrected chi connectivity index (χ2v) is 5.60. The summed E-state index contributed by atoms with van der Waals surface area (Å²) in [6.07, 6.45) is 3.45. The molecule has 0 bridgehead atoms. The van der Waals surface area contributed by atoms with Crippen molar-refractivity contribution >= 4 is 23.2 Å². The summed E-state index contributed by atoms with van der Waals surface area (Å²) in [4.78, 5) is 13.0. The zero-order valence-corrected chi connectivity index (χ0v) is 13.3. The number of benzene rings is 1. The molecule has 3 aromatic rings. The Hall–Kier alpha value is -2.50. The fraction of sp³-hybridized carbons (Fsp3) is 0.118. The maximum atomic E-state index is 5.99. The lowest BCUT2D eigenvalue weighted by Gasteiger charge is -2.09. The van der Waals surface area contributed by atoms with E-state index >= 15 is 0 Å². The first-order chi connectivity index (χ1) is 11.1. The highest BCUT2D eigenvalue weighted by Crippen LogP contribution is 2.22. The summed E-state index contributed by atoms with van der Waals surface area (Å²) in [5, 5.41) is 3.80. The third-order valence-corrected chi connectivity index (χ3v) is 3.51. The lowest BCUT2D eigenvalue weighted by molar-refractivity contribution is 0.781. The van der Waals surface area contributed by atoms with Gasteiger partial charge in [0.05, 0.1) is 11.4 Å². The zero-order valence-electron chi connectivity index (χ0n) is 12.6. The highest BCUT2D eigenvalue weighted by atomic mass is 35.5. The van der Waals surface area contributed by atoms with Gasteiger partial charge in [-0.25, -0.2) is 9.97 Å². The van der Waals surface area contributed by atoms with Crippen LogP contribution >= 0.6 is 11.6 Å². The van der Waals surface area contributed by atoms with E-state index < -0.39 is 0 Å². The summed E-state index contributed by atoms with van der Waals surface area (Å²) in [7, 11) is 0. The molecule has 1 unspecified atom stereocenters. The normalized spacial score (nSPS) is 12.0. The highest BCUT2D eigenvalue weighted by Gasteiger charge is 2.07. The van der Waals surface area contributed by atoms with Gasteiger partial charge in [0.25, 0.3) is 0 Å². The van der Waals surface area contributed by atoms with Gasteiger partial charge in [0.2, 0.25) is 5.95 Å². The zero-order chi connectivity index (χ0) is 16.2. The number of hydrogen-bond donors (Lipinski definition) is 2. The molecule has 0 aliphatic heterocycles. The molecule has 0 amide bonds. The van der Waals surface area contributed by atoms with Crippen molar-refractivity contribution in [1.29, 1.82) is 0 Å². The number of nitrogens with two attached hydrogens (primary N) is 1. The Morgan fingerprint density at radius 3 is 2.70 bits per heavy atom. The number of aromatic nitrogens is 3. The molecule has 116 valence electrons. The van der Waals surface area contributed by atoms with Crippen molar-refractivity contribution in [3.8, 4) is 11.3 Å². The summed E-state index contributed by atoms with van der Waals surface area (Å²) in [6, 6.07) is 13.0. The van der Waals surface area contributed by atoms with E-state index in [0.717, 1.165) is 22.6 Å². The number of halogens is 1. The van der Waals surface area contributed by atoms with Crippen LogP contribution < -0.4 is 11.1 Å². The minimum atomic E-state index is -0.124. The molecule has 0 radical (unpaired) electrons. The van der Waals surface area contributed by atoms with E-state index in [2.05, 4.69) is 20.3 Å². The second kappa shape index (κ2) is 6.73. The van der Waals surface area contributed by atoms with Gasteiger partial charge in [-0.2, -0.15) is 0 Å². The van der Waals surface area contributed by atoms with Crippen molar-refractivity contribution in [1.82, 2.24) is 15.0 Å². The van der Waals surface area contributed by atoms with Crippen LogP contribution in [0.2, 0.25) is 5.02 Å². The predicted molar refractivity (Wildman–Crippen MR) is 92.6 cm³/mol. The highest BCUT2D eigenvalue weighted by molar-refractivity contribution is 6.30. The Morgan fingerprint density at radius 2 is 1.91 bits per heavy atom. The fourth-order valence-electron chi connectivity index (χ4n) is 2.13. The average Bonchev–Trinajstić information content (AvgIpc) is 2.55. The van der Waals surface area contributed by atoms with Crippen LogP contribution in [0.25, 0.3) is 11.3 Å². The van der Waals surface area contributed by atoms with E-state index in [4.69, 9.17) is 17.3 Å². The van der Waals surface area contributed by atoms with Crippen LogP contribution in [0.15, 0.2) is 54.9 Å². The van der Waals surface area contributed by atoms with Crippen molar-refractivity contribution in [3.05, 3.63) is 65.6 Å². The van der Waals surface area contributed by atoms with Crippen LogP contribution in [0, 0.1) is 0 Å². The van der Waals surface area contributed by atoms with Crippen LogP contribution in [-0.2, 0) is 0 Å². The third-order valence-electron chi connectivity index (χ3n) is 3.28. The van der Waals surface area contributed by atoms with Gasteiger partial charge in [-0.05, 0) is 43.3 Å². The van der Waals surface area contributed by atoms with Crippen LogP contribution in [0.1, 0.15) is 18.7 Å². The molecular weight excluding hydrogens is 310 g/mol. The first-order valence-corrected chi connectivity index (χ1v) is 7.57. The van der Waals surface area contributed by atoms with Gasteiger partial charge in [-0.15, -0.1) is 0 Å². The van der Waals surface area contributed by atoms with Crippen LogP contribution in [0.3, 0.4) is 0 Å². The SMILES string of the molecule is CC(N)c1cc(-c2ccnc(Nc3cccc(Cl)c3)n2)ccn1. The number of hydrogen-bond acceptors (Lipinski definition) is 5. The summed E-state index contributed by atoms with van der Waals surface area (Å²) < 4.78 is 0. The maximum absolute atomic E-state index is 5.99. The Morgan fingerprint density at radius 1 is 1.09 bits per heavy atom. The van der Waals surface area contributed by atoms with Crippen molar-refractivity contribution in [2.45, 2.75) is 13.0 Å². The van der Waals surface area contributed by atoms with E-state index in [9.17, 15) is 0 Å². The van der Waals surface area contributed by atoms with Crippen LogP contribution in [-0.4, -0.2) is 15.0 Å². The van der Waals surface area contributed by atoms with Gasteiger partial charge in [-0.1, -0.05) is 17.7 Å². The van der Waals surface area contributed by atoms with Gasteiger partial charge < -0.3 is 11.1 Å². The summed E-state index contributed by atoms with van der Waals surface area (Å²) in [6.45, 7) is 1.90. The van der Waals surface area contributed by atoms with E-state index in [1.807, 2.05) is 49.4 Å². The smallest absolute Gasteiger partial charge is 0.227 e. The van der Waals surface area contributed by atoms with E-state index in [0.29, 0.717) is 11.0 Å². The number of nitrogens with one attached hydrogen (secondary N) is 1. The molecule has 3 N–H and O–H groups in total. The Kier molecular flexibility index (Phi) is 4.50. The number of rotatable bonds is 4. The van der Waals surface area contributed by atoms with Gasteiger partial charge in [-0.3, -0.25) is 4.98 Å². The minimum absolute atomic E-state index is 0.124. The molecule has 0 fully saturated rings. The first-order valence-electron chi connectivity index (χ1n) is 7.19. The lowest BCUT2D eigenvalue weighted by atomic mass is 10.1. The quantitative estimate of drug-likeness (QED) is 0.759. The molecule has 5 nitrogen and oxygen atoms in total. The van der Waals surface area contributed by atoms with Gasteiger partial charge in [0, 0.05) is 34.7 Å². The molecule has 2 aromatic heterocycles. The van der Waals surface area contributed by atoms with Crippen molar-refractivity contribution in [3.63, 3.8) is 0 Å². The molecule has 0 saturated carbocycles. The van der Waals surface area contributed by atoms with Crippen LogP contribution in [0.5, 0.6) is 0 Å². The summed E-state index contributed by atoms with van der Waals surface area (Å²) >= 11 is 5.99. The van der Waals surface area contributed by atoms with E-state index in [1.165, 1.54) is 0 Å². The molecule has 6 heteroatoms. The van der Waals surface area contributed by atoms with Crippen molar-refractivity contribution in [2.75, 3.05) is 5.32 Å². The molecule has 1 atom stereocenters. The van der Waals surface area contributed by atoms with E-state index in [-0.39, 0.29) is 6.04 Å². The van der Waals surface area contributed by atoms with Crippen LogP contribution in [0.4, 0.5) is 11.6 Å². The number of pyridine rings is 1. The minimum Gasteiger partial charge on any atom is -0.324 e. The lowest BCUT2D eigenvalue weighted by Crippen LogP contribution is -2.07. The Balaban J connectivity index is 1.89. The molecular formula is C17H16ClN5. The molecule has 2 heterocycles. The predicted octanol–water partition coefficient (Wildman–Crippen LogP) is 3.96. The first kappa shape index (κ1) is 15.4. The third kappa shape index (κ3) is 3.83. The molecule has 0 saturated heterocycles. The fourth-order valence-corrected chi connectivity index (χ4v) is 2.32. The molecule has 0 aliphatic rings. The largest absolute Gasteiger partial charge is 0.324 e. The Bertz CT molecular complexity index is 819. The van der Waals surface area contributed by atoms with Crippen molar-refractivity contribution in [2.24, 2.45) is 5.73 Å². The second-order valence-electron chi connectivity index (χ2n) is 5.16. The summed E-state index contributed by atoms with van der Waals surface area (Å²) in [5.74, 6) is 0.504. The average molecular weight is 326 g/mol.